The predicted octanol–water partition coefficient (Wildman–Crippen LogP) is 3.59. The van der Waals surface area contributed by atoms with E-state index in [1.54, 1.807) is 0 Å². The average Bonchev–Trinajstić information content (AvgIpc) is 2.88. The molecule has 0 atom stereocenters. The summed E-state index contributed by atoms with van der Waals surface area (Å²) in [5.41, 5.74) is 0.333. The molecule has 204 valence electrons. The number of cyclic esters (lactones) is 2. The van der Waals surface area contributed by atoms with Gasteiger partial charge in [-0.1, -0.05) is 0 Å². The van der Waals surface area contributed by atoms with Gasteiger partial charge in [0.25, 0.3) is 0 Å². The maximum atomic E-state index is 11.0. The fourth-order valence-electron chi connectivity index (χ4n) is 2.77. The number of carbonyl (C=O) groups is 6. The molecule has 1 aliphatic heterocycles. The Kier molecular flexibility index (Phi) is 13.9. The van der Waals surface area contributed by atoms with Gasteiger partial charge in [-0.05, 0) is 74.2 Å². The van der Waals surface area contributed by atoms with Crippen LogP contribution in [0.15, 0.2) is 48.5 Å². The molecule has 0 saturated carbocycles. The molecule has 0 aromatic heterocycles. The number of carboxylic acids is 4. The molecule has 4 N–H and O–H groups in total. The van der Waals surface area contributed by atoms with Crippen LogP contribution in [0.25, 0.3) is 0 Å². The van der Waals surface area contributed by atoms with Crippen LogP contribution in [0.4, 0.5) is 0 Å². The molecule has 12 nitrogen and oxygen atoms in total. The fourth-order valence-corrected chi connectivity index (χ4v) is 2.77. The molecule has 2 aromatic carbocycles. The average molecular weight is 532 g/mol. The quantitative estimate of drug-likeness (QED) is 0.417. The maximum Gasteiger partial charge on any atom is 0.335 e. The van der Waals surface area contributed by atoms with Crippen LogP contribution in [0.2, 0.25) is 0 Å². The maximum absolute atomic E-state index is 11.0. The molecule has 0 spiro atoms. The van der Waals surface area contributed by atoms with Crippen molar-refractivity contribution in [3.8, 4) is 0 Å². The molecule has 1 aliphatic rings. The molecule has 0 radical (unpaired) electrons. The number of ether oxygens (including phenoxy) is 2. The Bertz CT molecular complexity index is 949. The fraction of sp³-hybridized carbons (Fsp3) is 0.308. The van der Waals surface area contributed by atoms with Gasteiger partial charge in [0.1, 0.15) is 0 Å². The minimum Gasteiger partial charge on any atom is -0.478 e. The van der Waals surface area contributed by atoms with Crippen LogP contribution in [0.1, 0.15) is 80.0 Å². The predicted molar refractivity (Wildman–Crippen MR) is 130 cm³/mol. The lowest BCUT2D eigenvalue weighted by molar-refractivity contribution is -0.147. The van der Waals surface area contributed by atoms with Crippen molar-refractivity contribution in [2.45, 2.75) is 38.5 Å². The van der Waals surface area contributed by atoms with E-state index in [4.69, 9.17) is 29.9 Å². The van der Waals surface area contributed by atoms with Gasteiger partial charge >= 0.3 is 35.8 Å². The lowest BCUT2D eigenvalue weighted by atomic mass is 10.1. The summed E-state index contributed by atoms with van der Waals surface area (Å²) in [6, 6.07) is 10.0. The number of rotatable bonds is 4. The summed E-state index contributed by atoms with van der Waals surface area (Å²) in [5.74, 6) is -4.56. The number of hydrogen-bond donors (Lipinski definition) is 4. The third kappa shape index (κ3) is 12.8. The summed E-state index contributed by atoms with van der Waals surface area (Å²) in [4.78, 5) is 63.4. The molecule has 1 heterocycles. The van der Waals surface area contributed by atoms with E-state index in [0.717, 1.165) is 12.8 Å². The van der Waals surface area contributed by atoms with E-state index in [-0.39, 0.29) is 34.2 Å². The molecule has 12 heteroatoms. The normalized spacial score (nSPS) is 13.8. The van der Waals surface area contributed by atoms with Crippen LogP contribution >= 0.6 is 0 Å². The van der Waals surface area contributed by atoms with Crippen molar-refractivity contribution in [2.75, 3.05) is 13.2 Å². The van der Waals surface area contributed by atoms with Crippen molar-refractivity contribution < 1.29 is 58.7 Å². The van der Waals surface area contributed by atoms with Crippen LogP contribution in [0.5, 0.6) is 0 Å². The Labute approximate surface area is 217 Å². The highest BCUT2D eigenvalue weighted by Gasteiger charge is 2.08. The lowest BCUT2D eigenvalue weighted by Gasteiger charge is -2.08. The third-order valence-electron chi connectivity index (χ3n) is 4.83. The molecular formula is C26H28O12. The van der Waals surface area contributed by atoms with E-state index in [2.05, 4.69) is 0 Å². The molecule has 0 aliphatic carbocycles. The van der Waals surface area contributed by atoms with Gasteiger partial charge < -0.3 is 29.9 Å². The van der Waals surface area contributed by atoms with Gasteiger partial charge in [0, 0.05) is 12.8 Å². The van der Waals surface area contributed by atoms with Crippen molar-refractivity contribution in [2.24, 2.45) is 0 Å². The summed E-state index contributed by atoms with van der Waals surface area (Å²) in [7, 11) is 0. The van der Waals surface area contributed by atoms with E-state index in [1.165, 1.54) is 48.5 Å². The van der Waals surface area contributed by atoms with Gasteiger partial charge in [0.2, 0.25) is 0 Å². The Morgan fingerprint density at radius 2 is 0.711 bits per heavy atom. The largest absolute Gasteiger partial charge is 0.478 e. The number of carbonyl (C=O) groups excluding carboxylic acids is 2. The molecule has 2 aromatic rings. The highest BCUT2D eigenvalue weighted by atomic mass is 16.5. The van der Waals surface area contributed by atoms with Gasteiger partial charge in [0.05, 0.1) is 35.5 Å². The second-order valence-corrected chi connectivity index (χ2v) is 7.73. The van der Waals surface area contributed by atoms with E-state index >= 15 is 0 Å². The number of aromatic carboxylic acids is 4. The van der Waals surface area contributed by atoms with Gasteiger partial charge in [0.15, 0.2) is 0 Å². The summed E-state index contributed by atoms with van der Waals surface area (Å²) in [6.45, 7) is 0.882. The van der Waals surface area contributed by atoms with E-state index < -0.39 is 23.9 Å². The van der Waals surface area contributed by atoms with Gasteiger partial charge in [-0.2, -0.15) is 0 Å². The third-order valence-corrected chi connectivity index (χ3v) is 4.83. The Morgan fingerprint density at radius 1 is 0.474 bits per heavy atom. The van der Waals surface area contributed by atoms with E-state index in [9.17, 15) is 28.8 Å². The van der Waals surface area contributed by atoms with Crippen molar-refractivity contribution in [3.63, 3.8) is 0 Å². The number of carboxylic acid groups (broad SMARTS) is 4. The zero-order valence-corrected chi connectivity index (χ0v) is 20.3. The number of esters is 2. The molecule has 38 heavy (non-hydrogen) atoms. The van der Waals surface area contributed by atoms with Crippen molar-refractivity contribution >= 4 is 35.8 Å². The second-order valence-electron chi connectivity index (χ2n) is 7.73. The Balaban J connectivity index is 0.000000286. The summed E-state index contributed by atoms with van der Waals surface area (Å²) in [5, 5.41) is 33.9. The first-order chi connectivity index (χ1) is 18.0. The zero-order chi connectivity index (χ0) is 28.5. The minimum atomic E-state index is -1.06. The summed E-state index contributed by atoms with van der Waals surface area (Å²) < 4.78 is 9.92. The van der Waals surface area contributed by atoms with Crippen molar-refractivity contribution in [3.05, 3.63) is 70.8 Å². The van der Waals surface area contributed by atoms with E-state index in [1.807, 2.05) is 0 Å². The minimum absolute atomic E-state index is 0.0833. The topological polar surface area (TPSA) is 202 Å². The van der Waals surface area contributed by atoms with Gasteiger partial charge in [-0.3, -0.25) is 9.59 Å². The van der Waals surface area contributed by atoms with Crippen LogP contribution in [0, 0.1) is 0 Å². The van der Waals surface area contributed by atoms with Crippen molar-refractivity contribution in [1.29, 1.82) is 0 Å². The first kappa shape index (κ1) is 31.3. The molecular weight excluding hydrogens is 504 g/mol. The van der Waals surface area contributed by atoms with Crippen LogP contribution in [-0.4, -0.2) is 69.5 Å². The van der Waals surface area contributed by atoms with Crippen LogP contribution in [-0.2, 0) is 19.1 Å². The SMILES string of the molecule is O=C(O)c1ccc(C(=O)O)cc1.O=C(O)c1ccc(C(=O)O)cc1.O=C1CCCCC(=O)OCCCCO1. The first-order valence-corrected chi connectivity index (χ1v) is 11.5. The van der Waals surface area contributed by atoms with Crippen LogP contribution < -0.4 is 0 Å². The molecule has 0 amide bonds. The Hall–Kier alpha value is -4.74. The lowest BCUT2D eigenvalue weighted by Crippen LogP contribution is -2.11. The molecule has 1 fully saturated rings. The monoisotopic (exact) mass is 532 g/mol. The standard InChI is InChI=1S/C10H16O4.2C8H6O4/c11-9-5-1-2-6-10(12)14-8-4-3-7-13-9;2*9-7(10)5-1-2-6(4-3-5)8(11)12/h1-8H2;2*1-4H,(H,9,10)(H,11,12). The van der Waals surface area contributed by atoms with Crippen molar-refractivity contribution in [1.82, 2.24) is 0 Å². The summed E-state index contributed by atoms with van der Waals surface area (Å²) in [6.07, 6.45) is 3.75. The van der Waals surface area contributed by atoms with Gasteiger partial charge in [-0.15, -0.1) is 0 Å². The number of hydrogen-bond acceptors (Lipinski definition) is 8. The molecule has 0 bridgehead atoms. The number of benzene rings is 2. The molecule has 0 unspecified atom stereocenters. The van der Waals surface area contributed by atoms with E-state index in [0.29, 0.717) is 38.9 Å². The highest BCUT2D eigenvalue weighted by molar-refractivity contribution is 5.92. The Morgan fingerprint density at radius 3 is 0.921 bits per heavy atom. The van der Waals surface area contributed by atoms with Gasteiger partial charge in [-0.25, -0.2) is 19.2 Å². The molecule has 3 rings (SSSR count). The first-order valence-electron chi connectivity index (χ1n) is 11.5. The highest BCUT2D eigenvalue weighted by Crippen LogP contribution is 2.06. The smallest absolute Gasteiger partial charge is 0.335 e. The summed E-state index contributed by atoms with van der Waals surface area (Å²) >= 11 is 0. The molecule has 1 saturated heterocycles. The van der Waals surface area contributed by atoms with Crippen LogP contribution in [0.3, 0.4) is 0 Å². The zero-order valence-electron chi connectivity index (χ0n) is 20.3. The second kappa shape index (κ2) is 16.8.